The van der Waals surface area contributed by atoms with Gasteiger partial charge >= 0.3 is 0 Å². The molecule has 1 heterocycles. The summed E-state index contributed by atoms with van der Waals surface area (Å²) >= 11 is 0. The van der Waals surface area contributed by atoms with Crippen LogP contribution in [0.5, 0.6) is 0 Å². The van der Waals surface area contributed by atoms with Gasteiger partial charge in [-0.1, -0.05) is 340 Å². The van der Waals surface area contributed by atoms with Gasteiger partial charge in [-0.25, -0.2) is 0 Å². The Morgan fingerprint density at radius 3 is 1.07 bits per heavy atom. The van der Waals surface area contributed by atoms with Crippen molar-refractivity contribution >= 4 is 5.91 Å². The molecule has 1 rings (SSSR count). The molecule has 6 N–H and O–H groups in total. The number of aliphatic hydroxyl groups is 5. The van der Waals surface area contributed by atoms with Gasteiger partial charge in [0, 0.05) is 6.42 Å². The average molecular weight is 1130 g/mol. The van der Waals surface area contributed by atoms with E-state index in [4.69, 9.17) is 9.47 Å². The number of ether oxygens (including phenoxy) is 2. The minimum Gasteiger partial charge on any atom is -0.394 e. The smallest absolute Gasteiger partial charge is 0.220 e. The van der Waals surface area contributed by atoms with E-state index >= 15 is 0 Å². The summed E-state index contributed by atoms with van der Waals surface area (Å²) in [4.78, 5) is 13.2. The summed E-state index contributed by atoms with van der Waals surface area (Å²) in [5.74, 6) is -0.136. The van der Waals surface area contributed by atoms with Crippen molar-refractivity contribution in [2.24, 2.45) is 0 Å². The third-order valence-corrected chi connectivity index (χ3v) is 17.3. The average Bonchev–Trinajstić information content (AvgIpc) is 3.46. The van der Waals surface area contributed by atoms with Gasteiger partial charge in [0.2, 0.25) is 5.91 Å². The summed E-state index contributed by atoms with van der Waals surface area (Å²) in [5.41, 5.74) is 0. The Balaban J connectivity index is 2.09. The molecule has 0 radical (unpaired) electrons. The zero-order valence-corrected chi connectivity index (χ0v) is 53.1. The van der Waals surface area contributed by atoms with Crippen molar-refractivity contribution in [3.8, 4) is 0 Å². The van der Waals surface area contributed by atoms with Crippen molar-refractivity contribution in [3.05, 3.63) is 24.3 Å². The van der Waals surface area contributed by atoms with Crippen LogP contribution >= 0.6 is 0 Å². The first kappa shape index (κ1) is 76.7. The van der Waals surface area contributed by atoms with Crippen LogP contribution in [-0.2, 0) is 14.3 Å². The fourth-order valence-corrected chi connectivity index (χ4v) is 11.7. The highest BCUT2D eigenvalue weighted by Crippen LogP contribution is 2.24. The molecule has 1 amide bonds. The van der Waals surface area contributed by atoms with Crippen LogP contribution < -0.4 is 5.32 Å². The minimum absolute atomic E-state index is 0.133. The molecular formula is C71H137NO8. The number of hydrogen-bond acceptors (Lipinski definition) is 8. The normalized spacial score (nSPS) is 18.5. The fraction of sp³-hybridized carbons (Fsp3) is 0.930. The first-order valence-corrected chi connectivity index (χ1v) is 35.5. The van der Waals surface area contributed by atoms with Crippen molar-refractivity contribution in [1.29, 1.82) is 0 Å². The number of carbonyl (C=O) groups excluding carboxylic acids is 1. The summed E-state index contributed by atoms with van der Waals surface area (Å²) < 4.78 is 11.4. The van der Waals surface area contributed by atoms with E-state index in [2.05, 4.69) is 43.5 Å². The highest BCUT2D eigenvalue weighted by atomic mass is 16.7. The van der Waals surface area contributed by atoms with Gasteiger partial charge in [-0.15, -0.1) is 0 Å². The van der Waals surface area contributed by atoms with E-state index in [-0.39, 0.29) is 12.5 Å². The quantitative estimate of drug-likeness (QED) is 0.0261. The van der Waals surface area contributed by atoms with Crippen LogP contribution in [0.3, 0.4) is 0 Å². The minimum atomic E-state index is -1.55. The lowest BCUT2D eigenvalue weighted by Crippen LogP contribution is -2.60. The number of unbranched alkanes of at least 4 members (excludes halogenated alkanes) is 49. The Morgan fingerprint density at radius 2 is 0.738 bits per heavy atom. The van der Waals surface area contributed by atoms with Crippen molar-refractivity contribution in [3.63, 3.8) is 0 Å². The van der Waals surface area contributed by atoms with Gasteiger partial charge in [-0.2, -0.15) is 0 Å². The zero-order chi connectivity index (χ0) is 57.9. The highest BCUT2D eigenvalue weighted by molar-refractivity contribution is 5.76. The number of allylic oxidation sites excluding steroid dienone is 4. The second kappa shape index (κ2) is 60.8. The van der Waals surface area contributed by atoms with E-state index in [1.54, 1.807) is 0 Å². The molecule has 80 heavy (non-hydrogen) atoms. The Morgan fingerprint density at radius 1 is 0.425 bits per heavy atom. The summed E-state index contributed by atoms with van der Waals surface area (Å²) in [5, 5.41) is 54.9. The highest BCUT2D eigenvalue weighted by Gasteiger charge is 2.44. The second-order valence-corrected chi connectivity index (χ2v) is 25.0. The van der Waals surface area contributed by atoms with E-state index < -0.39 is 49.5 Å². The largest absolute Gasteiger partial charge is 0.394 e. The molecule has 1 aliphatic rings. The second-order valence-electron chi connectivity index (χ2n) is 25.0. The van der Waals surface area contributed by atoms with Crippen LogP contribution in [-0.4, -0.2) is 87.5 Å². The molecule has 9 nitrogen and oxygen atoms in total. The first-order valence-electron chi connectivity index (χ1n) is 35.5. The van der Waals surface area contributed by atoms with E-state index in [1.165, 1.54) is 295 Å². The molecule has 0 bridgehead atoms. The van der Waals surface area contributed by atoms with Crippen LogP contribution in [0.25, 0.3) is 0 Å². The number of nitrogens with one attached hydrogen (secondary N) is 1. The molecule has 7 unspecified atom stereocenters. The van der Waals surface area contributed by atoms with Gasteiger partial charge in [0.05, 0.1) is 25.4 Å². The van der Waals surface area contributed by atoms with Gasteiger partial charge in [0.15, 0.2) is 6.29 Å². The SMILES string of the molecule is CCCCCCCCCCC/C=C\C/C=C\CCCCCCCCCCCCCCCCCCCC(=O)NC(COC1OC(CO)C(O)C(O)C1O)C(O)CCCCCCCCCCCCCCCCCCCCCCCCCC. The Bertz CT molecular complexity index is 1310. The first-order chi connectivity index (χ1) is 39.3. The molecule has 1 fully saturated rings. The molecule has 1 saturated heterocycles. The van der Waals surface area contributed by atoms with Gasteiger partial charge in [-0.05, 0) is 44.9 Å². The Hall–Kier alpha value is -1.33. The Labute approximate surface area is 496 Å². The Kier molecular flexibility index (Phi) is 58.3. The van der Waals surface area contributed by atoms with Crippen LogP contribution in [0.4, 0.5) is 0 Å². The molecule has 1 aliphatic heterocycles. The van der Waals surface area contributed by atoms with Gasteiger partial charge < -0.3 is 40.3 Å². The third kappa shape index (κ3) is 49.0. The molecule has 0 aliphatic carbocycles. The lowest BCUT2D eigenvalue weighted by Gasteiger charge is -2.40. The summed E-state index contributed by atoms with van der Waals surface area (Å²) in [6.07, 6.45) is 72.5. The summed E-state index contributed by atoms with van der Waals surface area (Å²) in [7, 11) is 0. The number of carbonyl (C=O) groups is 1. The predicted molar refractivity (Wildman–Crippen MR) is 341 cm³/mol. The van der Waals surface area contributed by atoms with E-state index in [9.17, 15) is 30.3 Å². The molecule has 0 saturated carbocycles. The number of aliphatic hydroxyl groups excluding tert-OH is 5. The van der Waals surface area contributed by atoms with Gasteiger partial charge in [-0.3, -0.25) is 4.79 Å². The molecular weight excluding hydrogens is 995 g/mol. The van der Waals surface area contributed by atoms with Crippen molar-refractivity contribution < 1.29 is 39.8 Å². The van der Waals surface area contributed by atoms with Crippen LogP contribution in [0.15, 0.2) is 24.3 Å². The fourth-order valence-electron chi connectivity index (χ4n) is 11.7. The third-order valence-electron chi connectivity index (χ3n) is 17.3. The number of amides is 1. The van der Waals surface area contributed by atoms with Gasteiger partial charge in [0.25, 0.3) is 0 Å². The maximum Gasteiger partial charge on any atom is 0.220 e. The van der Waals surface area contributed by atoms with Crippen molar-refractivity contribution in [2.75, 3.05) is 13.2 Å². The molecule has 474 valence electrons. The van der Waals surface area contributed by atoms with Crippen LogP contribution in [0, 0.1) is 0 Å². The molecule has 9 heteroatoms. The molecule has 0 aromatic heterocycles. The van der Waals surface area contributed by atoms with Crippen LogP contribution in [0.2, 0.25) is 0 Å². The van der Waals surface area contributed by atoms with Crippen molar-refractivity contribution in [1.82, 2.24) is 5.32 Å². The maximum atomic E-state index is 13.2. The van der Waals surface area contributed by atoms with E-state index in [0.717, 1.165) is 44.9 Å². The van der Waals surface area contributed by atoms with E-state index in [1.807, 2.05) is 0 Å². The maximum absolute atomic E-state index is 13.2. The molecule has 0 aromatic rings. The molecule has 0 spiro atoms. The predicted octanol–water partition coefficient (Wildman–Crippen LogP) is 19.3. The van der Waals surface area contributed by atoms with Gasteiger partial charge in [0.1, 0.15) is 24.4 Å². The lowest BCUT2D eigenvalue weighted by molar-refractivity contribution is -0.302. The zero-order valence-electron chi connectivity index (χ0n) is 53.1. The summed E-state index contributed by atoms with van der Waals surface area (Å²) in [6.45, 7) is 3.90. The number of rotatable bonds is 63. The lowest BCUT2D eigenvalue weighted by atomic mass is 9.99. The molecule has 0 aromatic carbocycles. The number of hydrogen-bond donors (Lipinski definition) is 6. The van der Waals surface area contributed by atoms with E-state index in [0.29, 0.717) is 12.8 Å². The summed E-state index contributed by atoms with van der Waals surface area (Å²) in [6, 6.07) is -0.718. The van der Waals surface area contributed by atoms with Crippen LogP contribution in [0.1, 0.15) is 367 Å². The van der Waals surface area contributed by atoms with Crippen molar-refractivity contribution in [2.45, 2.75) is 410 Å². The standard InChI is InChI=1S/C71H137NO8/c1-3-5-7-9-11-13-15-17-19-21-23-25-27-29-30-31-32-33-34-35-36-37-39-41-43-45-47-49-51-53-55-57-59-61-67(75)72-64(63-79-71-70(78)69(77)68(76)66(62-73)80-71)65(74)60-58-56-54-52-50-48-46-44-42-40-38-28-26-24-22-20-18-16-14-12-10-8-6-4-2/h23,25,29-30,64-66,68-71,73-74,76-78H,3-22,24,26-28,31-63H2,1-2H3,(H,72,75)/b25-23-,30-29-. The topological polar surface area (TPSA) is 149 Å². The molecule has 7 atom stereocenters. The monoisotopic (exact) mass is 1130 g/mol.